The van der Waals surface area contributed by atoms with E-state index in [1.54, 1.807) is 17.0 Å². The number of likely N-dealkylation sites (N-methyl/N-ethyl adjacent to an activating group) is 1. The van der Waals surface area contributed by atoms with Gasteiger partial charge in [0.15, 0.2) is 0 Å². The van der Waals surface area contributed by atoms with Gasteiger partial charge in [-0.3, -0.25) is 0 Å². The van der Waals surface area contributed by atoms with Crippen LogP contribution >= 0.6 is 0 Å². The van der Waals surface area contributed by atoms with Gasteiger partial charge in [0.25, 0.3) is 0 Å². The summed E-state index contributed by atoms with van der Waals surface area (Å²) in [6, 6.07) is 6.18. The summed E-state index contributed by atoms with van der Waals surface area (Å²) in [5.41, 5.74) is 1.85. The van der Waals surface area contributed by atoms with E-state index in [2.05, 4.69) is 11.9 Å². The van der Waals surface area contributed by atoms with Crippen molar-refractivity contribution in [2.45, 2.75) is 25.2 Å². The van der Waals surface area contributed by atoms with Crippen molar-refractivity contribution in [3.05, 3.63) is 42.0 Å². The molecule has 22 heavy (non-hydrogen) atoms. The number of hydrogen-bond donors (Lipinski definition) is 2. The number of carbonyl (C=O) groups is 1. The van der Waals surface area contributed by atoms with E-state index in [9.17, 15) is 13.2 Å². The number of benzene rings is 1. The van der Waals surface area contributed by atoms with Gasteiger partial charge in [0.05, 0.1) is 4.90 Å². The van der Waals surface area contributed by atoms with E-state index in [0.717, 1.165) is 11.1 Å². The number of sulfonamides is 1. The number of carbonyl (C=O) groups excluding carboxylic acids is 1. The first-order chi connectivity index (χ1) is 10.2. The molecular weight excluding hydrogens is 302 g/mol. The molecule has 0 aliphatic heterocycles. The predicted molar refractivity (Wildman–Crippen MR) is 87.0 cm³/mol. The zero-order valence-electron chi connectivity index (χ0n) is 13.0. The van der Waals surface area contributed by atoms with Crippen molar-refractivity contribution in [1.82, 2.24) is 10.2 Å². The van der Waals surface area contributed by atoms with Crippen LogP contribution in [0.15, 0.2) is 41.3 Å². The van der Waals surface area contributed by atoms with E-state index in [-0.39, 0.29) is 10.9 Å². The predicted octanol–water partition coefficient (Wildman–Crippen LogP) is 1.48. The Hall–Kier alpha value is -1.86. The lowest BCUT2D eigenvalue weighted by atomic mass is 10.1. The van der Waals surface area contributed by atoms with E-state index in [4.69, 9.17) is 5.14 Å². The Labute approximate surface area is 132 Å². The fourth-order valence-corrected chi connectivity index (χ4v) is 2.44. The van der Waals surface area contributed by atoms with Crippen LogP contribution in [0.2, 0.25) is 0 Å². The van der Waals surface area contributed by atoms with Crippen LogP contribution in [0.25, 0.3) is 0 Å². The van der Waals surface area contributed by atoms with E-state index < -0.39 is 10.0 Å². The summed E-state index contributed by atoms with van der Waals surface area (Å²) in [5, 5.41) is 7.87. The topological polar surface area (TPSA) is 92.5 Å². The lowest BCUT2D eigenvalue weighted by Gasteiger charge is -2.21. The van der Waals surface area contributed by atoms with Crippen molar-refractivity contribution in [1.29, 1.82) is 0 Å². The first-order valence-corrected chi connectivity index (χ1v) is 8.57. The van der Waals surface area contributed by atoms with Gasteiger partial charge >= 0.3 is 6.03 Å². The Morgan fingerprint density at radius 2 is 1.91 bits per heavy atom. The molecule has 0 bridgehead atoms. The zero-order chi connectivity index (χ0) is 16.8. The minimum absolute atomic E-state index is 0.0823. The Kier molecular flexibility index (Phi) is 6.58. The molecule has 0 fully saturated rings. The number of nitrogens with zero attached hydrogens (tertiary/aromatic N) is 1. The first-order valence-electron chi connectivity index (χ1n) is 7.03. The highest BCUT2D eigenvalue weighted by Crippen LogP contribution is 2.09. The lowest BCUT2D eigenvalue weighted by Crippen LogP contribution is -2.41. The molecule has 6 nitrogen and oxygen atoms in total. The van der Waals surface area contributed by atoms with Crippen LogP contribution < -0.4 is 10.5 Å². The summed E-state index contributed by atoms with van der Waals surface area (Å²) in [5.74, 6) is 0. The van der Waals surface area contributed by atoms with Gasteiger partial charge in [-0.05, 0) is 38.0 Å². The van der Waals surface area contributed by atoms with Crippen molar-refractivity contribution in [3.63, 3.8) is 0 Å². The third-order valence-corrected chi connectivity index (χ3v) is 4.00. The van der Waals surface area contributed by atoms with Crippen molar-refractivity contribution in [2.24, 2.45) is 5.14 Å². The molecule has 0 saturated heterocycles. The zero-order valence-corrected chi connectivity index (χ0v) is 13.8. The molecule has 0 radical (unpaired) electrons. The van der Waals surface area contributed by atoms with Gasteiger partial charge < -0.3 is 10.2 Å². The fourth-order valence-electron chi connectivity index (χ4n) is 1.92. The van der Waals surface area contributed by atoms with Gasteiger partial charge in [0.2, 0.25) is 10.0 Å². The van der Waals surface area contributed by atoms with Crippen LogP contribution in [0.5, 0.6) is 0 Å². The lowest BCUT2D eigenvalue weighted by molar-refractivity contribution is 0.205. The monoisotopic (exact) mass is 325 g/mol. The molecular formula is C15H23N3O3S. The van der Waals surface area contributed by atoms with Gasteiger partial charge in [-0.15, -0.1) is 0 Å². The highest BCUT2D eigenvalue weighted by atomic mass is 32.2. The third kappa shape index (κ3) is 5.87. The Morgan fingerprint density at radius 3 is 2.36 bits per heavy atom. The SMILES string of the molecule is C=C(C)CN(CC)C(=O)NCCc1ccc(S(N)(=O)=O)cc1. The smallest absolute Gasteiger partial charge is 0.317 e. The number of primary sulfonamides is 1. The Balaban J connectivity index is 2.50. The fraction of sp³-hybridized carbons (Fsp3) is 0.400. The molecule has 0 spiro atoms. The second-order valence-corrected chi connectivity index (χ2v) is 6.70. The summed E-state index contributed by atoms with van der Waals surface area (Å²) in [4.78, 5) is 13.7. The second-order valence-electron chi connectivity index (χ2n) is 5.14. The van der Waals surface area contributed by atoms with Gasteiger partial charge in [-0.1, -0.05) is 24.3 Å². The molecule has 1 aromatic rings. The van der Waals surface area contributed by atoms with Crippen LogP contribution in [-0.2, 0) is 16.4 Å². The maximum atomic E-state index is 12.0. The van der Waals surface area contributed by atoms with Crippen LogP contribution in [0.3, 0.4) is 0 Å². The number of amides is 2. The van der Waals surface area contributed by atoms with Gasteiger partial charge in [-0.25, -0.2) is 18.4 Å². The minimum atomic E-state index is -3.66. The van der Waals surface area contributed by atoms with E-state index in [1.165, 1.54) is 12.1 Å². The molecule has 122 valence electrons. The second kappa shape index (κ2) is 7.95. The molecule has 0 saturated carbocycles. The van der Waals surface area contributed by atoms with Crippen molar-refractivity contribution < 1.29 is 13.2 Å². The highest BCUT2D eigenvalue weighted by molar-refractivity contribution is 7.89. The number of nitrogens with two attached hydrogens (primary N) is 1. The molecule has 0 aliphatic rings. The van der Waals surface area contributed by atoms with Gasteiger partial charge in [0.1, 0.15) is 0 Å². The molecule has 2 amide bonds. The summed E-state index contributed by atoms with van der Waals surface area (Å²) in [7, 11) is -3.66. The Bertz CT molecular complexity index is 624. The number of rotatable bonds is 7. The number of nitrogens with one attached hydrogen (secondary N) is 1. The third-order valence-electron chi connectivity index (χ3n) is 3.07. The largest absolute Gasteiger partial charge is 0.338 e. The van der Waals surface area contributed by atoms with Crippen molar-refractivity contribution >= 4 is 16.1 Å². The molecule has 7 heteroatoms. The average Bonchev–Trinajstić information content (AvgIpc) is 2.44. The average molecular weight is 325 g/mol. The Morgan fingerprint density at radius 1 is 1.32 bits per heavy atom. The van der Waals surface area contributed by atoms with Gasteiger partial charge in [-0.2, -0.15) is 0 Å². The van der Waals surface area contributed by atoms with E-state index in [1.807, 2.05) is 13.8 Å². The molecule has 3 N–H and O–H groups in total. The molecule has 0 aliphatic carbocycles. The van der Waals surface area contributed by atoms with Gasteiger partial charge in [0, 0.05) is 19.6 Å². The maximum absolute atomic E-state index is 12.0. The summed E-state index contributed by atoms with van der Waals surface area (Å²) in [6.07, 6.45) is 0.612. The number of urea groups is 1. The summed E-state index contributed by atoms with van der Waals surface area (Å²) in [6.45, 7) is 9.21. The quantitative estimate of drug-likeness (QED) is 0.744. The maximum Gasteiger partial charge on any atom is 0.317 e. The highest BCUT2D eigenvalue weighted by Gasteiger charge is 2.11. The number of hydrogen-bond acceptors (Lipinski definition) is 3. The summed E-state index contributed by atoms with van der Waals surface area (Å²) < 4.78 is 22.3. The van der Waals surface area contributed by atoms with Crippen LogP contribution in [0.4, 0.5) is 4.79 Å². The molecule has 0 aromatic heterocycles. The molecule has 0 unspecified atom stereocenters. The van der Waals surface area contributed by atoms with Crippen LogP contribution in [0.1, 0.15) is 19.4 Å². The summed E-state index contributed by atoms with van der Waals surface area (Å²) >= 11 is 0. The first kappa shape index (κ1) is 18.2. The standard InChI is InChI=1S/C15H23N3O3S/c1-4-18(11-12(2)3)15(19)17-10-9-13-5-7-14(8-6-13)22(16,20)21/h5-8H,2,4,9-11H2,1,3H3,(H,17,19)(H2,16,20,21). The normalized spacial score (nSPS) is 11.0. The van der Waals surface area contributed by atoms with E-state index in [0.29, 0.717) is 26.1 Å². The van der Waals surface area contributed by atoms with Crippen molar-refractivity contribution in [3.8, 4) is 0 Å². The molecule has 0 heterocycles. The van der Waals surface area contributed by atoms with Crippen LogP contribution in [0, 0.1) is 0 Å². The molecule has 0 atom stereocenters. The molecule has 1 aromatic carbocycles. The minimum Gasteiger partial charge on any atom is -0.338 e. The molecule has 1 rings (SSSR count). The van der Waals surface area contributed by atoms with Crippen LogP contribution in [-0.4, -0.2) is 39.0 Å². The van der Waals surface area contributed by atoms with E-state index >= 15 is 0 Å². The van der Waals surface area contributed by atoms with Crippen molar-refractivity contribution in [2.75, 3.05) is 19.6 Å².